The van der Waals surface area contributed by atoms with Gasteiger partial charge in [-0.1, -0.05) is 0 Å². The first-order chi connectivity index (χ1) is 3.77. The van der Waals surface area contributed by atoms with E-state index in [1.165, 1.54) is 0 Å². The summed E-state index contributed by atoms with van der Waals surface area (Å²) in [5.74, 6) is 0. The zero-order valence-electron chi connectivity index (χ0n) is 4.40. The Labute approximate surface area is 50.0 Å². The Morgan fingerprint density at radius 2 is 2.62 bits per heavy atom. The van der Waals surface area contributed by atoms with E-state index in [1.54, 1.807) is 6.92 Å². The van der Waals surface area contributed by atoms with Crippen LogP contribution in [0.3, 0.4) is 0 Å². The summed E-state index contributed by atoms with van der Waals surface area (Å²) in [4.78, 5) is 0. The Kier molecular flexibility index (Phi) is 4.48. The standard InChI is InChI=1S/C3H7NO3S/c1-2-7-3-4-8(5)6/h3H,2H2,1H3,(H,5,6). The molecule has 0 aliphatic carbocycles. The molecular weight excluding hydrogens is 130 g/mol. The summed E-state index contributed by atoms with van der Waals surface area (Å²) < 4.78 is 25.2. The maximum atomic E-state index is 9.71. The number of nitrogens with zero attached hydrogens (tertiary/aromatic N) is 1. The molecule has 0 aromatic carbocycles. The minimum absolute atomic E-state index is 0.459. The molecule has 0 saturated carbocycles. The molecular formula is C3H7NO3S. The minimum atomic E-state index is -2.12. The smallest absolute Gasteiger partial charge is 0.284 e. The summed E-state index contributed by atoms with van der Waals surface area (Å²) in [5, 5.41) is 0. The molecule has 0 spiro atoms. The van der Waals surface area contributed by atoms with Gasteiger partial charge in [0, 0.05) is 0 Å². The van der Waals surface area contributed by atoms with Crippen molar-refractivity contribution in [1.29, 1.82) is 0 Å². The lowest BCUT2D eigenvalue weighted by Gasteiger charge is -1.86. The van der Waals surface area contributed by atoms with Crippen LogP contribution in [0.1, 0.15) is 6.92 Å². The van der Waals surface area contributed by atoms with Crippen LogP contribution in [0.4, 0.5) is 0 Å². The van der Waals surface area contributed by atoms with E-state index in [1.807, 2.05) is 0 Å². The average molecular weight is 137 g/mol. The third-order valence-electron chi connectivity index (χ3n) is 0.374. The van der Waals surface area contributed by atoms with Gasteiger partial charge in [-0.05, 0) is 6.92 Å². The number of rotatable bonds is 3. The highest BCUT2D eigenvalue weighted by Gasteiger charge is 1.78. The molecule has 1 unspecified atom stereocenters. The van der Waals surface area contributed by atoms with E-state index in [2.05, 4.69) is 9.13 Å². The molecule has 0 aromatic heterocycles. The SMILES string of the molecule is CCOC=NS(=O)O. The van der Waals surface area contributed by atoms with Crippen molar-refractivity contribution in [2.24, 2.45) is 4.40 Å². The highest BCUT2D eigenvalue weighted by molar-refractivity contribution is 7.77. The first-order valence-corrected chi connectivity index (χ1v) is 3.09. The fraction of sp³-hybridized carbons (Fsp3) is 0.667. The van der Waals surface area contributed by atoms with Crippen LogP contribution in [0.5, 0.6) is 0 Å². The third-order valence-corrected chi connectivity index (χ3v) is 0.641. The molecule has 0 saturated heterocycles. The molecule has 1 atom stereocenters. The first kappa shape index (κ1) is 7.58. The Morgan fingerprint density at radius 1 is 2.00 bits per heavy atom. The van der Waals surface area contributed by atoms with Gasteiger partial charge in [0.1, 0.15) is 0 Å². The van der Waals surface area contributed by atoms with Crippen molar-refractivity contribution >= 4 is 17.7 Å². The van der Waals surface area contributed by atoms with Gasteiger partial charge in [0.05, 0.1) is 6.61 Å². The highest BCUT2D eigenvalue weighted by atomic mass is 32.2. The lowest BCUT2D eigenvalue weighted by molar-refractivity contribution is 0.344. The van der Waals surface area contributed by atoms with Crippen LogP contribution < -0.4 is 0 Å². The minimum Gasteiger partial charge on any atom is -0.483 e. The lowest BCUT2D eigenvalue weighted by atomic mass is 10.9. The normalized spacial score (nSPS) is 14.2. The predicted octanol–water partition coefficient (Wildman–Crippen LogP) is 0.188. The molecule has 0 radical (unpaired) electrons. The number of ether oxygens (including phenoxy) is 1. The fourth-order valence-corrected chi connectivity index (χ4v) is 0.276. The van der Waals surface area contributed by atoms with Crippen LogP contribution in [0.2, 0.25) is 0 Å². The molecule has 5 heteroatoms. The number of hydrogen-bond donors (Lipinski definition) is 1. The van der Waals surface area contributed by atoms with Crippen molar-refractivity contribution < 1.29 is 13.5 Å². The quantitative estimate of drug-likeness (QED) is 0.343. The van der Waals surface area contributed by atoms with E-state index >= 15 is 0 Å². The van der Waals surface area contributed by atoms with E-state index in [0.29, 0.717) is 6.61 Å². The number of hydrogen-bond acceptors (Lipinski definition) is 2. The van der Waals surface area contributed by atoms with Gasteiger partial charge in [0.2, 0.25) is 0 Å². The largest absolute Gasteiger partial charge is 0.483 e. The molecule has 0 aromatic rings. The second kappa shape index (κ2) is 4.73. The molecule has 0 heterocycles. The van der Waals surface area contributed by atoms with Crippen LogP contribution in [0.25, 0.3) is 0 Å². The molecule has 0 aliphatic rings. The van der Waals surface area contributed by atoms with Gasteiger partial charge in [-0.15, -0.1) is 4.40 Å². The highest BCUT2D eigenvalue weighted by Crippen LogP contribution is 1.72. The Hall–Kier alpha value is -0.420. The van der Waals surface area contributed by atoms with Crippen molar-refractivity contribution in [3.05, 3.63) is 0 Å². The third kappa shape index (κ3) is 5.58. The zero-order chi connectivity index (χ0) is 6.41. The van der Waals surface area contributed by atoms with Crippen LogP contribution in [-0.2, 0) is 16.0 Å². The maximum absolute atomic E-state index is 9.71. The van der Waals surface area contributed by atoms with Crippen molar-refractivity contribution in [2.45, 2.75) is 6.92 Å². The zero-order valence-corrected chi connectivity index (χ0v) is 5.22. The maximum Gasteiger partial charge on any atom is 0.284 e. The second-order valence-electron chi connectivity index (χ2n) is 0.897. The molecule has 1 N–H and O–H groups in total. The van der Waals surface area contributed by atoms with E-state index in [-0.39, 0.29) is 0 Å². The molecule has 0 aliphatic heterocycles. The van der Waals surface area contributed by atoms with Gasteiger partial charge in [-0.2, -0.15) is 0 Å². The van der Waals surface area contributed by atoms with Gasteiger partial charge in [0.25, 0.3) is 11.3 Å². The molecule has 48 valence electrons. The van der Waals surface area contributed by atoms with E-state index in [4.69, 9.17) is 4.55 Å². The van der Waals surface area contributed by atoms with Crippen molar-refractivity contribution in [3.8, 4) is 0 Å². The predicted molar refractivity (Wildman–Crippen MR) is 30.9 cm³/mol. The summed E-state index contributed by atoms with van der Waals surface area (Å²) in [5.41, 5.74) is 0. The second-order valence-corrected chi connectivity index (χ2v) is 1.57. The lowest BCUT2D eigenvalue weighted by Crippen LogP contribution is -1.87. The van der Waals surface area contributed by atoms with Crippen molar-refractivity contribution in [1.82, 2.24) is 0 Å². The van der Waals surface area contributed by atoms with Gasteiger partial charge in [-0.3, -0.25) is 4.55 Å². The van der Waals surface area contributed by atoms with Crippen LogP contribution in [-0.4, -0.2) is 21.8 Å². The Morgan fingerprint density at radius 3 is 3.00 bits per heavy atom. The summed E-state index contributed by atoms with van der Waals surface area (Å²) in [6.45, 7) is 2.22. The molecule has 4 nitrogen and oxygen atoms in total. The first-order valence-electron chi connectivity index (χ1n) is 2.02. The fourth-order valence-electron chi connectivity index (χ4n) is 0.142. The average Bonchev–Trinajstić information content (AvgIpc) is 1.66. The van der Waals surface area contributed by atoms with Gasteiger partial charge in [0.15, 0.2) is 6.40 Å². The van der Waals surface area contributed by atoms with Crippen molar-refractivity contribution in [2.75, 3.05) is 6.61 Å². The van der Waals surface area contributed by atoms with E-state index < -0.39 is 11.3 Å². The summed E-state index contributed by atoms with van der Waals surface area (Å²) >= 11 is -2.12. The van der Waals surface area contributed by atoms with Crippen LogP contribution >= 0.6 is 0 Å². The topological polar surface area (TPSA) is 58.9 Å². The van der Waals surface area contributed by atoms with Gasteiger partial charge in [-0.25, -0.2) is 4.21 Å². The molecule has 0 amide bonds. The molecule has 0 fully saturated rings. The molecule has 8 heavy (non-hydrogen) atoms. The van der Waals surface area contributed by atoms with E-state index in [0.717, 1.165) is 6.40 Å². The molecule has 0 bridgehead atoms. The Bertz CT molecular complexity index is 103. The van der Waals surface area contributed by atoms with Crippen molar-refractivity contribution in [3.63, 3.8) is 0 Å². The van der Waals surface area contributed by atoms with Gasteiger partial charge < -0.3 is 4.74 Å². The monoisotopic (exact) mass is 137 g/mol. The van der Waals surface area contributed by atoms with Gasteiger partial charge >= 0.3 is 0 Å². The summed E-state index contributed by atoms with van der Waals surface area (Å²) in [6, 6.07) is 0. The summed E-state index contributed by atoms with van der Waals surface area (Å²) in [7, 11) is 0. The van der Waals surface area contributed by atoms with Crippen LogP contribution in [0, 0.1) is 0 Å². The van der Waals surface area contributed by atoms with E-state index in [9.17, 15) is 4.21 Å². The Balaban J connectivity index is 3.20. The van der Waals surface area contributed by atoms with Crippen LogP contribution in [0.15, 0.2) is 4.40 Å². The molecule has 0 rings (SSSR count). The summed E-state index contributed by atoms with van der Waals surface area (Å²) in [6.07, 6.45) is 0.954.